The molecule has 0 bridgehead atoms. The first-order valence-electron chi connectivity index (χ1n) is 10.9. The zero-order chi connectivity index (χ0) is 22.8. The number of nitrogens with zero attached hydrogens (tertiary/aromatic N) is 2. The number of rotatable bonds is 7. The second-order valence-electron chi connectivity index (χ2n) is 7.79. The molecule has 0 atom stereocenters. The van der Waals surface area contributed by atoms with Crippen LogP contribution in [0.4, 0.5) is 0 Å². The third-order valence-electron chi connectivity index (χ3n) is 5.91. The van der Waals surface area contributed by atoms with Crippen LogP contribution >= 0.6 is 0 Å². The quantitative estimate of drug-likeness (QED) is 0.523. The van der Waals surface area contributed by atoms with Gasteiger partial charge in [-0.2, -0.15) is 0 Å². The Labute approximate surface area is 193 Å². The molecule has 2 aliphatic rings. The van der Waals surface area contributed by atoms with Gasteiger partial charge in [0.1, 0.15) is 18.2 Å². The number of amidine groups is 1. The monoisotopic (exact) mass is 442 g/mol. The van der Waals surface area contributed by atoms with Gasteiger partial charge in [0.25, 0.3) is 0 Å². The standard InChI is InChI=1S/C27H26N2O4/c1-30-24-14-18(15-25(31-2)26(24)32-3)17-33-23-11-7-6-10-21(23)22-16-19-8-4-5-9-20(19)27-28-12-13-29(22)27/h4-11,14-16H,12-13,17H2,1-3H3. The van der Waals surface area contributed by atoms with Crippen molar-refractivity contribution in [1.29, 1.82) is 0 Å². The summed E-state index contributed by atoms with van der Waals surface area (Å²) in [6.45, 7) is 2.00. The number of benzene rings is 3. The lowest BCUT2D eigenvalue weighted by molar-refractivity contribution is 0.297. The molecule has 6 heteroatoms. The van der Waals surface area contributed by atoms with E-state index in [0.29, 0.717) is 23.9 Å². The lowest BCUT2D eigenvalue weighted by Gasteiger charge is -2.30. The van der Waals surface area contributed by atoms with Crippen LogP contribution in [-0.4, -0.2) is 45.2 Å². The van der Waals surface area contributed by atoms with Crippen LogP contribution in [0.15, 0.2) is 65.7 Å². The van der Waals surface area contributed by atoms with Crippen LogP contribution in [0.2, 0.25) is 0 Å². The zero-order valence-corrected chi connectivity index (χ0v) is 19.0. The van der Waals surface area contributed by atoms with Gasteiger partial charge in [-0.3, -0.25) is 4.99 Å². The van der Waals surface area contributed by atoms with Crippen LogP contribution in [0, 0.1) is 0 Å². The maximum absolute atomic E-state index is 6.33. The molecule has 168 valence electrons. The molecule has 0 aromatic heterocycles. The molecule has 0 N–H and O–H groups in total. The Morgan fingerprint density at radius 3 is 2.24 bits per heavy atom. The highest BCUT2D eigenvalue weighted by atomic mass is 16.5. The fourth-order valence-corrected chi connectivity index (χ4v) is 4.37. The van der Waals surface area contributed by atoms with E-state index < -0.39 is 0 Å². The number of methoxy groups -OCH3 is 3. The van der Waals surface area contributed by atoms with Gasteiger partial charge in [-0.25, -0.2) is 0 Å². The topological polar surface area (TPSA) is 52.5 Å². The largest absolute Gasteiger partial charge is 0.493 e. The summed E-state index contributed by atoms with van der Waals surface area (Å²) in [5, 5.41) is 0. The minimum Gasteiger partial charge on any atom is -0.493 e. The molecule has 0 unspecified atom stereocenters. The van der Waals surface area contributed by atoms with Crippen LogP contribution in [-0.2, 0) is 6.61 Å². The molecule has 33 heavy (non-hydrogen) atoms. The van der Waals surface area contributed by atoms with Crippen molar-refractivity contribution < 1.29 is 18.9 Å². The summed E-state index contributed by atoms with van der Waals surface area (Å²) in [6.07, 6.45) is 2.22. The SMILES string of the molecule is COc1cc(COc2ccccc2C2=Cc3ccccc3C3=NCCN23)cc(OC)c1OC. The van der Waals surface area contributed by atoms with Crippen molar-refractivity contribution >= 4 is 17.6 Å². The molecule has 0 radical (unpaired) electrons. The van der Waals surface area contributed by atoms with Gasteiger partial charge >= 0.3 is 0 Å². The van der Waals surface area contributed by atoms with Gasteiger partial charge < -0.3 is 23.8 Å². The lowest BCUT2D eigenvalue weighted by atomic mass is 9.97. The number of hydrogen-bond donors (Lipinski definition) is 0. The molecule has 0 aliphatic carbocycles. The van der Waals surface area contributed by atoms with Crippen molar-refractivity contribution in [3.05, 3.63) is 82.9 Å². The molecule has 3 aromatic carbocycles. The molecule has 6 nitrogen and oxygen atoms in total. The number of fused-ring (bicyclic) bond motifs is 3. The molecule has 0 fully saturated rings. The normalized spacial score (nSPS) is 14.1. The number of para-hydroxylation sites is 1. The number of hydrogen-bond acceptors (Lipinski definition) is 6. The van der Waals surface area contributed by atoms with E-state index in [1.165, 1.54) is 11.1 Å². The van der Waals surface area contributed by atoms with Gasteiger partial charge in [-0.1, -0.05) is 36.4 Å². The average molecular weight is 443 g/mol. The van der Waals surface area contributed by atoms with E-state index in [1.807, 2.05) is 30.3 Å². The summed E-state index contributed by atoms with van der Waals surface area (Å²) in [5.74, 6) is 3.61. The molecule has 0 saturated carbocycles. The molecule has 3 aromatic rings. The van der Waals surface area contributed by atoms with E-state index in [2.05, 4.69) is 41.3 Å². The third kappa shape index (κ3) is 3.78. The first-order chi connectivity index (χ1) is 16.2. The molecule has 5 rings (SSSR count). The summed E-state index contributed by atoms with van der Waals surface area (Å²) >= 11 is 0. The van der Waals surface area contributed by atoms with Gasteiger partial charge in [0.05, 0.1) is 33.6 Å². The van der Waals surface area contributed by atoms with Crippen molar-refractivity contribution in [2.45, 2.75) is 6.61 Å². The van der Waals surface area contributed by atoms with Crippen LogP contribution < -0.4 is 18.9 Å². The summed E-state index contributed by atoms with van der Waals surface area (Å²) < 4.78 is 22.7. The Morgan fingerprint density at radius 2 is 1.52 bits per heavy atom. The predicted octanol–water partition coefficient (Wildman–Crippen LogP) is 4.87. The van der Waals surface area contributed by atoms with Gasteiger partial charge in [0.2, 0.25) is 5.75 Å². The third-order valence-corrected chi connectivity index (χ3v) is 5.91. The first kappa shape index (κ1) is 20.9. The fraction of sp³-hybridized carbons (Fsp3) is 0.222. The molecule has 2 heterocycles. The van der Waals surface area contributed by atoms with E-state index in [1.54, 1.807) is 21.3 Å². The van der Waals surface area contributed by atoms with E-state index in [0.717, 1.165) is 41.5 Å². The Balaban J connectivity index is 1.48. The molecular formula is C27H26N2O4. The van der Waals surface area contributed by atoms with Crippen molar-refractivity contribution in [3.63, 3.8) is 0 Å². The van der Waals surface area contributed by atoms with E-state index >= 15 is 0 Å². The van der Waals surface area contributed by atoms with E-state index in [4.69, 9.17) is 23.9 Å². The van der Waals surface area contributed by atoms with Crippen LogP contribution in [0.25, 0.3) is 11.8 Å². The highest BCUT2D eigenvalue weighted by Crippen LogP contribution is 2.40. The highest BCUT2D eigenvalue weighted by molar-refractivity contribution is 6.12. The Bertz CT molecular complexity index is 1220. The van der Waals surface area contributed by atoms with Crippen LogP contribution in [0.3, 0.4) is 0 Å². The molecule has 2 aliphatic heterocycles. The van der Waals surface area contributed by atoms with Crippen molar-refractivity contribution in [2.24, 2.45) is 4.99 Å². The first-order valence-corrected chi connectivity index (χ1v) is 10.9. The molecule has 0 saturated heterocycles. The summed E-state index contributed by atoms with van der Waals surface area (Å²) in [5.41, 5.74) is 5.41. The Hall–Kier alpha value is -3.93. The summed E-state index contributed by atoms with van der Waals surface area (Å²) in [6, 6.07) is 20.3. The van der Waals surface area contributed by atoms with Gasteiger partial charge in [-0.15, -0.1) is 0 Å². The highest BCUT2D eigenvalue weighted by Gasteiger charge is 2.29. The summed E-state index contributed by atoms with van der Waals surface area (Å²) in [7, 11) is 4.82. The zero-order valence-electron chi connectivity index (χ0n) is 19.0. The molecule has 0 amide bonds. The smallest absolute Gasteiger partial charge is 0.203 e. The van der Waals surface area contributed by atoms with Gasteiger partial charge in [0, 0.05) is 17.7 Å². The Morgan fingerprint density at radius 1 is 0.818 bits per heavy atom. The van der Waals surface area contributed by atoms with E-state index in [-0.39, 0.29) is 0 Å². The summed E-state index contributed by atoms with van der Waals surface area (Å²) in [4.78, 5) is 7.06. The van der Waals surface area contributed by atoms with Crippen molar-refractivity contribution in [2.75, 3.05) is 34.4 Å². The lowest BCUT2D eigenvalue weighted by Crippen LogP contribution is -2.30. The van der Waals surface area contributed by atoms with Crippen LogP contribution in [0.5, 0.6) is 23.0 Å². The van der Waals surface area contributed by atoms with Crippen molar-refractivity contribution in [1.82, 2.24) is 4.90 Å². The number of aliphatic imine (C=N–C) groups is 1. The predicted molar refractivity (Wildman–Crippen MR) is 129 cm³/mol. The second-order valence-corrected chi connectivity index (χ2v) is 7.79. The maximum atomic E-state index is 6.33. The van der Waals surface area contributed by atoms with Crippen molar-refractivity contribution in [3.8, 4) is 23.0 Å². The molecule has 0 spiro atoms. The average Bonchev–Trinajstić information content (AvgIpc) is 3.37. The molecular weight excluding hydrogens is 416 g/mol. The number of ether oxygens (including phenoxy) is 4. The minimum absolute atomic E-state index is 0.360. The Kier molecular flexibility index (Phi) is 5.65. The minimum atomic E-state index is 0.360. The van der Waals surface area contributed by atoms with Gasteiger partial charge in [0.15, 0.2) is 11.5 Å². The van der Waals surface area contributed by atoms with Crippen LogP contribution in [0.1, 0.15) is 22.3 Å². The fourth-order valence-electron chi connectivity index (χ4n) is 4.37. The maximum Gasteiger partial charge on any atom is 0.203 e. The second kappa shape index (κ2) is 8.90. The van der Waals surface area contributed by atoms with E-state index in [9.17, 15) is 0 Å². The van der Waals surface area contributed by atoms with Gasteiger partial charge in [-0.05, 0) is 41.5 Å².